The first kappa shape index (κ1) is 14.6. The molecule has 3 rings (SSSR count). The smallest absolute Gasteiger partial charge is 0.0659 e. The third-order valence-corrected chi connectivity index (χ3v) is 6.42. The van der Waals surface area contributed by atoms with E-state index >= 15 is 0 Å². The lowest BCUT2D eigenvalue weighted by Gasteiger charge is -2.11. The first-order chi connectivity index (χ1) is 9.56. The molecule has 1 atom stereocenters. The average Bonchev–Trinajstić information content (AvgIpc) is 2.82. The normalized spacial score (nSPS) is 12.8. The fourth-order valence-electron chi connectivity index (χ4n) is 2.33. The van der Waals surface area contributed by atoms with Crippen LogP contribution in [0.25, 0.3) is 10.1 Å². The molecule has 0 N–H and O–H groups in total. The number of aryl methyl sites for hydroxylation is 1. The highest BCUT2D eigenvalue weighted by Crippen LogP contribution is 2.41. The van der Waals surface area contributed by atoms with Crippen molar-refractivity contribution in [1.29, 1.82) is 0 Å². The molecule has 0 bridgehead atoms. The van der Waals surface area contributed by atoms with Gasteiger partial charge in [-0.05, 0) is 68.5 Å². The summed E-state index contributed by atoms with van der Waals surface area (Å²) in [7, 11) is 0. The summed E-state index contributed by atoms with van der Waals surface area (Å²) >= 11 is 15.4. The minimum atomic E-state index is 0.156. The Balaban J connectivity index is 2.13. The molecule has 0 nitrogen and oxygen atoms in total. The van der Waals surface area contributed by atoms with Crippen LogP contribution in [0.4, 0.5) is 0 Å². The van der Waals surface area contributed by atoms with E-state index in [1.54, 1.807) is 11.3 Å². The van der Waals surface area contributed by atoms with Crippen LogP contribution in [0, 0.1) is 6.92 Å². The molecule has 0 amide bonds. The molecule has 4 heteroatoms. The third-order valence-electron chi connectivity index (χ3n) is 3.21. The van der Waals surface area contributed by atoms with Gasteiger partial charge in [0, 0.05) is 14.2 Å². The van der Waals surface area contributed by atoms with E-state index < -0.39 is 0 Å². The number of thiophene rings is 1. The minimum Gasteiger partial charge on any atom is -0.142 e. The second kappa shape index (κ2) is 5.80. The molecule has 0 aliphatic rings. The van der Waals surface area contributed by atoms with Crippen molar-refractivity contribution < 1.29 is 0 Å². The van der Waals surface area contributed by atoms with Gasteiger partial charge in [0.2, 0.25) is 0 Å². The van der Waals surface area contributed by atoms with Gasteiger partial charge >= 0.3 is 0 Å². The molecule has 0 saturated carbocycles. The predicted molar refractivity (Wildman–Crippen MR) is 96.5 cm³/mol. The SMILES string of the molecule is Cc1cc(Cl)cc(C(Br)c2csc3c(Br)cccc23)c1. The molecule has 2 aromatic carbocycles. The lowest BCUT2D eigenvalue weighted by atomic mass is 10.0. The van der Waals surface area contributed by atoms with Gasteiger partial charge in [0.05, 0.1) is 4.83 Å². The second-order valence-electron chi connectivity index (χ2n) is 4.73. The first-order valence-electron chi connectivity index (χ1n) is 6.13. The third kappa shape index (κ3) is 2.69. The van der Waals surface area contributed by atoms with Gasteiger partial charge in [0.1, 0.15) is 0 Å². The zero-order valence-electron chi connectivity index (χ0n) is 10.7. The van der Waals surface area contributed by atoms with E-state index in [4.69, 9.17) is 11.6 Å². The molecule has 20 heavy (non-hydrogen) atoms. The zero-order chi connectivity index (χ0) is 14.3. The van der Waals surface area contributed by atoms with Crippen LogP contribution in [-0.4, -0.2) is 0 Å². The van der Waals surface area contributed by atoms with E-state index in [1.807, 2.05) is 12.1 Å². The maximum absolute atomic E-state index is 6.17. The van der Waals surface area contributed by atoms with Gasteiger partial charge in [-0.1, -0.05) is 45.7 Å². The number of alkyl halides is 1. The van der Waals surface area contributed by atoms with E-state index in [0.29, 0.717) is 0 Å². The van der Waals surface area contributed by atoms with E-state index in [9.17, 15) is 0 Å². The summed E-state index contributed by atoms with van der Waals surface area (Å²) in [6.07, 6.45) is 0. The van der Waals surface area contributed by atoms with Gasteiger partial charge in [0.25, 0.3) is 0 Å². The van der Waals surface area contributed by atoms with Crippen LogP contribution in [0.1, 0.15) is 21.5 Å². The van der Waals surface area contributed by atoms with Crippen LogP contribution in [0.15, 0.2) is 46.3 Å². The molecule has 0 spiro atoms. The van der Waals surface area contributed by atoms with Crippen molar-refractivity contribution in [2.24, 2.45) is 0 Å². The van der Waals surface area contributed by atoms with Crippen molar-refractivity contribution in [3.63, 3.8) is 0 Å². The van der Waals surface area contributed by atoms with Gasteiger partial charge in [-0.2, -0.15) is 0 Å². The molecule has 0 aliphatic carbocycles. The van der Waals surface area contributed by atoms with Crippen LogP contribution in [-0.2, 0) is 0 Å². The van der Waals surface area contributed by atoms with Crippen molar-refractivity contribution in [2.75, 3.05) is 0 Å². The number of halogens is 3. The molecule has 0 aliphatic heterocycles. The van der Waals surface area contributed by atoms with Crippen molar-refractivity contribution in [2.45, 2.75) is 11.8 Å². The highest BCUT2D eigenvalue weighted by molar-refractivity contribution is 9.10. The number of rotatable bonds is 2. The van der Waals surface area contributed by atoms with Crippen LogP contribution in [0.5, 0.6) is 0 Å². The summed E-state index contributed by atoms with van der Waals surface area (Å²) in [4.78, 5) is 0.156. The summed E-state index contributed by atoms with van der Waals surface area (Å²) in [5.41, 5.74) is 3.65. The van der Waals surface area contributed by atoms with Gasteiger partial charge in [-0.3, -0.25) is 0 Å². The van der Waals surface area contributed by atoms with Crippen molar-refractivity contribution >= 4 is 64.9 Å². The maximum atomic E-state index is 6.17. The number of hydrogen-bond acceptors (Lipinski definition) is 1. The van der Waals surface area contributed by atoms with Crippen LogP contribution in [0.3, 0.4) is 0 Å². The van der Waals surface area contributed by atoms with Crippen molar-refractivity contribution in [1.82, 2.24) is 0 Å². The van der Waals surface area contributed by atoms with Gasteiger partial charge < -0.3 is 0 Å². The Morgan fingerprint density at radius 1 is 1.20 bits per heavy atom. The standard InChI is InChI=1S/C16H11Br2ClS/c1-9-5-10(7-11(19)6-9)15(18)13-8-20-16-12(13)3-2-4-14(16)17/h2-8,15H,1H3. The van der Waals surface area contributed by atoms with Gasteiger partial charge in [-0.15, -0.1) is 11.3 Å². The molecule has 1 aromatic heterocycles. The average molecular weight is 431 g/mol. The first-order valence-corrected chi connectivity index (χ1v) is 9.09. The number of fused-ring (bicyclic) bond motifs is 1. The molecule has 0 saturated heterocycles. The summed E-state index contributed by atoms with van der Waals surface area (Å²) in [6, 6.07) is 12.5. The highest BCUT2D eigenvalue weighted by Gasteiger charge is 2.16. The Morgan fingerprint density at radius 3 is 2.75 bits per heavy atom. The summed E-state index contributed by atoms with van der Waals surface area (Å²) in [6.45, 7) is 2.07. The minimum absolute atomic E-state index is 0.156. The van der Waals surface area contributed by atoms with E-state index in [-0.39, 0.29) is 4.83 Å². The molecule has 0 fully saturated rings. The Hall–Kier alpha value is -0.350. The predicted octanol–water partition coefficient (Wildman–Crippen LogP) is 7.11. The van der Waals surface area contributed by atoms with Gasteiger partial charge in [0.15, 0.2) is 0 Å². The fraction of sp³-hybridized carbons (Fsp3) is 0.125. The Kier molecular flexibility index (Phi) is 4.23. The largest absolute Gasteiger partial charge is 0.142 e. The monoisotopic (exact) mass is 428 g/mol. The second-order valence-corrected chi connectivity index (χ2v) is 7.82. The summed E-state index contributed by atoms with van der Waals surface area (Å²) in [5.74, 6) is 0. The fourth-order valence-corrected chi connectivity index (χ4v) is 5.09. The Morgan fingerprint density at radius 2 is 2.00 bits per heavy atom. The lowest BCUT2D eigenvalue weighted by molar-refractivity contribution is 1.20. The molecular formula is C16H11Br2ClS. The number of hydrogen-bond donors (Lipinski definition) is 0. The Bertz CT molecular complexity index is 759. The molecule has 1 heterocycles. The molecule has 3 aromatic rings. The Labute approximate surface area is 144 Å². The van der Waals surface area contributed by atoms with Crippen LogP contribution >= 0.6 is 54.8 Å². The van der Waals surface area contributed by atoms with Crippen molar-refractivity contribution in [3.05, 3.63) is 68.0 Å². The zero-order valence-corrected chi connectivity index (χ0v) is 15.4. The quantitative estimate of drug-likeness (QED) is 0.380. The molecule has 1 unspecified atom stereocenters. The maximum Gasteiger partial charge on any atom is 0.0659 e. The van der Waals surface area contributed by atoms with Crippen LogP contribution < -0.4 is 0 Å². The summed E-state index contributed by atoms with van der Waals surface area (Å²) in [5, 5.41) is 4.28. The molecule has 0 radical (unpaired) electrons. The van der Waals surface area contributed by atoms with Crippen LogP contribution in [0.2, 0.25) is 5.02 Å². The number of benzene rings is 2. The highest BCUT2D eigenvalue weighted by atomic mass is 79.9. The van der Waals surface area contributed by atoms with Gasteiger partial charge in [-0.25, -0.2) is 0 Å². The summed E-state index contributed by atoms with van der Waals surface area (Å²) < 4.78 is 2.43. The molecular weight excluding hydrogens is 420 g/mol. The molecule has 102 valence electrons. The lowest BCUT2D eigenvalue weighted by Crippen LogP contribution is -1.92. The van der Waals surface area contributed by atoms with E-state index in [2.05, 4.69) is 68.4 Å². The topological polar surface area (TPSA) is 0 Å². The van der Waals surface area contributed by atoms with E-state index in [1.165, 1.54) is 26.8 Å². The van der Waals surface area contributed by atoms with Crippen molar-refractivity contribution in [3.8, 4) is 0 Å². The van der Waals surface area contributed by atoms with E-state index in [0.717, 1.165) is 9.50 Å².